The summed E-state index contributed by atoms with van der Waals surface area (Å²) < 4.78 is 15.7. The van der Waals surface area contributed by atoms with Gasteiger partial charge in [0.2, 0.25) is 0 Å². The normalized spacial score (nSPS) is 13.0. The lowest BCUT2D eigenvalue weighted by Crippen LogP contribution is -2.13. The summed E-state index contributed by atoms with van der Waals surface area (Å²) >= 11 is 3.35. The molecule has 1 aromatic carbocycles. The molecule has 6 heteroatoms. The number of pyridine rings is 1. The summed E-state index contributed by atoms with van der Waals surface area (Å²) in [4.78, 5) is 16.6. The van der Waals surface area contributed by atoms with Crippen LogP contribution in [0.2, 0.25) is 0 Å². The Morgan fingerprint density at radius 2 is 1.96 bits per heavy atom. The smallest absolute Gasteiger partial charge is 0.272 e. The van der Waals surface area contributed by atoms with Crippen LogP contribution in [0.15, 0.2) is 53.4 Å². The second-order valence-corrected chi connectivity index (χ2v) is 6.18. The van der Waals surface area contributed by atoms with Gasteiger partial charge >= 0.3 is 0 Å². The molecule has 4 rings (SSSR count). The molecule has 1 N–H and O–H groups in total. The quantitative estimate of drug-likeness (QED) is 0.655. The maximum absolute atomic E-state index is 13.1. The molecule has 0 fully saturated rings. The van der Waals surface area contributed by atoms with Crippen molar-refractivity contribution < 1.29 is 9.18 Å². The van der Waals surface area contributed by atoms with Crippen LogP contribution in [0, 0.1) is 5.82 Å². The van der Waals surface area contributed by atoms with Crippen LogP contribution in [-0.4, -0.2) is 15.5 Å². The first-order valence-corrected chi connectivity index (χ1v) is 7.81. The Kier molecular flexibility index (Phi) is 3.27. The van der Waals surface area contributed by atoms with E-state index in [4.69, 9.17) is 0 Å². The highest BCUT2D eigenvalue weighted by atomic mass is 79.9. The molecule has 23 heavy (non-hydrogen) atoms. The van der Waals surface area contributed by atoms with E-state index in [1.807, 2.05) is 22.9 Å². The minimum absolute atomic E-state index is 0.179. The summed E-state index contributed by atoms with van der Waals surface area (Å²) in [5.41, 5.74) is 4.00. The minimum atomic E-state index is -0.279. The highest BCUT2D eigenvalue weighted by molar-refractivity contribution is 9.10. The van der Waals surface area contributed by atoms with Crippen molar-refractivity contribution in [2.75, 3.05) is 5.32 Å². The van der Waals surface area contributed by atoms with Gasteiger partial charge in [-0.3, -0.25) is 4.79 Å². The molecular formula is C17H11BrFN3O. The van der Waals surface area contributed by atoms with Gasteiger partial charge in [0.1, 0.15) is 16.1 Å². The predicted molar refractivity (Wildman–Crippen MR) is 88.8 cm³/mol. The maximum atomic E-state index is 13.1. The average molecular weight is 372 g/mol. The standard InChI is InChI=1S/C17H11BrFN3O/c18-16-6-12-9-22-8-11(10-1-3-13(19)4-2-10)5-15(22)17(23)21-14(12)7-20-16/h1-8H,9H2,(H,21,23). The van der Waals surface area contributed by atoms with Gasteiger partial charge in [-0.2, -0.15) is 0 Å². The van der Waals surface area contributed by atoms with Crippen molar-refractivity contribution in [2.24, 2.45) is 0 Å². The van der Waals surface area contributed by atoms with Crippen LogP contribution < -0.4 is 5.32 Å². The molecule has 3 heterocycles. The Hall–Kier alpha value is -2.47. The lowest BCUT2D eigenvalue weighted by Gasteiger charge is -2.06. The molecule has 0 radical (unpaired) electrons. The average Bonchev–Trinajstić information content (AvgIpc) is 2.89. The summed E-state index contributed by atoms with van der Waals surface area (Å²) in [5.74, 6) is -0.459. The molecule has 4 nitrogen and oxygen atoms in total. The second-order valence-electron chi connectivity index (χ2n) is 5.37. The van der Waals surface area contributed by atoms with Gasteiger partial charge in [0.15, 0.2) is 0 Å². The highest BCUT2D eigenvalue weighted by Crippen LogP contribution is 2.28. The van der Waals surface area contributed by atoms with E-state index in [9.17, 15) is 9.18 Å². The van der Waals surface area contributed by atoms with Crippen molar-refractivity contribution >= 4 is 27.5 Å². The van der Waals surface area contributed by atoms with Crippen molar-refractivity contribution in [1.29, 1.82) is 0 Å². The summed E-state index contributed by atoms with van der Waals surface area (Å²) in [5, 5.41) is 2.88. The fraction of sp³-hybridized carbons (Fsp3) is 0.0588. The number of benzene rings is 1. The number of aromatic nitrogens is 2. The third-order valence-corrected chi connectivity index (χ3v) is 4.29. The van der Waals surface area contributed by atoms with E-state index in [0.29, 0.717) is 17.9 Å². The van der Waals surface area contributed by atoms with Gasteiger partial charge in [-0.1, -0.05) is 12.1 Å². The van der Waals surface area contributed by atoms with Crippen LogP contribution in [0.1, 0.15) is 16.1 Å². The zero-order valence-electron chi connectivity index (χ0n) is 11.9. The van der Waals surface area contributed by atoms with E-state index < -0.39 is 0 Å². The van der Waals surface area contributed by atoms with Crippen LogP contribution in [0.5, 0.6) is 0 Å². The van der Waals surface area contributed by atoms with Crippen LogP contribution in [-0.2, 0) is 6.54 Å². The van der Waals surface area contributed by atoms with Crippen molar-refractivity contribution in [2.45, 2.75) is 6.54 Å². The van der Waals surface area contributed by atoms with E-state index in [-0.39, 0.29) is 11.7 Å². The molecule has 0 saturated heterocycles. The predicted octanol–water partition coefficient (Wildman–Crippen LogP) is 4.07. The molecule has 2 aromatic heterocycles. The number of rotatable bonds is 1. The molecule has 0 atom stereocenters. The Morgan fingerprint density at radius 1 is 1.17 bits per heavy atom. The topological polar surface area (TPSA) is 46.9 Å². The van der Waals surface area contributed by atoms with E-state index in [1.165, 1.54) is 12.1 Å². The molecule has 1 aliphatic heterocycles. The first kappa shape index (κ1) is 14.1. The number of carbonyl (C=O) groups excluding carboxylic acids is 1. The van der Waals surface area contributed by atoms with Gasteiger partial charge < -0.3 is 9.88 Å². The second kappa shape index (κ2) is 5.31. The number of hydrogen-bond acceptors (Lipinski definition) is 2. The number of nitrogens with one attached hydrogen (secondary N) is 1. The lowest BCUT2D eigenvalue weighted by atomic mass is 10.1. The molecule has 0 spiro atoms. The molecular weight excluding hydrogens is 361 g/mol. The van der Waals surface area contributed by atoms with Gasteiger partial charge in [0, 0.05) is 18.3 Å². The maximum Gasteiger partial charge on any atom is 0.272 e. The zero-order valence-corrected chi connectivity index (χ0v) is 13.5. The van der Waals surface area contributed by atoms with Crippen LogP contribution in [0.3, 0.4) is 0 Å². The number of hydrogen-bond donors (Lipinski definition) is 1. The van der Waals surface area contributed by atoms with Crippen molar-refractivity contribution in [3.63, 3.8) is 0 Å². The number of halogens is 2. The number of amides is 1. The van der Waals surface area contributed by atoms with Gasteiger partial charge in [0.05, 0.1) is 11.9 Å². The van der Waals surface area contributed by atoms with Crippen LogP contribution >= 0.6 is 15.9 Å². The number of carbonyl (C=O) groups is 1. The van der Waals surface area contributed by atoms with E-state index in [0.717, 1.165) is 21.3 Å². The Balaban J connectivity index is 1.79. The molecule has 114 valence electrons. The Bertz CT molecular complexity index is 918. The molecule has 0 unspecified atom stereocenters. The molecule has 3 aromatic rings. The van der Waals surface area contributed by atoms with Gasteiger partial charge in [-0.15, -0.1) is 0 Å². The fourth-order valence-electron chi connectivity index (χ4n) is 2.71. The number of anilines is 1. The van der Waals surface area contributed by atoms with Crippen molar-refractivity contribution in [1.82, 2.24) is 9.55 Å². The first-order chi connectivity index (χ1) is 11.1. The first-order valence-electron chi connectivity index (χ1n) is 7.02. The van der Waals surface area contributed by atoms with E-state index >= 15 is 0 Å². The van der Waals surface area contributed by atoms with Gasteiger partial charge in [-0.05, 0) is 51.3 Å². The third kappa shape index (κ3) is 2.55. The van der Waals surface area contributed by atoms with Crippen LogP contribution in [0.4, 0.5) is 10.1 Å². The highest BCUT2D eigenvalue weighted by Gasteiger charge is 2.21. The Morgan fingerprint density at radius 3 is 2.74 bits per heavy atom. The van der Waals surface area contributed by atoms with E-state index in [1.54, 1.807) is 18.3 Å². The van der Waals surface area contributed by atoms with Crippen molar-refractivity contribution in [3.05, 3.63) is 70.5 Å². The Labute approximate surface area is 140 Å². The molecule has 0 bridgehead atoms. The minimum Gasteiger partial charge on any atom is -0.338 e. The van der Waals surface area contributed by atoms with E-state index in [2.05, 4.69) is 26.2 Å². The molecule has 1 aliphatic rings. The largest absolute Gasteiger partial charge is 0.338 e. The SMILES string of the molecule is O=C1Nc2cnc(Br)cc2Cn2cc(-c3ccc(F)cc3)cc21. The summed E-state index contributed by atoms with van der Waals surface area (Å²) in [6.07, 6.45) is 3.55. The number of nitrogens with zero attached hydrogens (tertiary/aromatic N) is 2. The lowest BCUT2D eigenvalue weighted by molar-refractivity contribution is 0.102. The summed E-state index contributed by atoms with van der Waals surface area (Å²) in [7, 11) is 0. The fourth-order valence-corrected chi connectivity index (χ4v) is 3.09. The summed E-state index contributed by atoms with van der Waals surface area (Å²) in [6.45, 7) is 0.561. The number of fused-ring (bicyclic) bond motifs is 2. The third-order valence-electron chi connectivity index (χ3n) is 3.85. The monoisotopic (exact) mass is 371 g/mol. The molecule has 0 saturated carbocycles. The van der Waals surface area contributed by atoms with Gasteiger partial charge in [0.25, 0.3) is 5.91 Å². The summed E-state index contributed by atoms with van der Waals surface area (Å²) in [6, 6.07) is 9.94. The van der Waals surface area contributed by atoms with Crippen LogP contribution in [0.25, 0.3) is 11.1 Å². The van der Waals surface area contributed by atoms with Crippen molar-refractivity contribution in [3.8, 4) is 11.1 Å². The zero-order chi connectivity index (χ0) is 16.0. The molecule has 1 amide bonds. The molecule has 0 aliphatic carbocycles. The van der Waals surface area contributed by atoms with Gasteiger partial charge in [-0.25, -0.2) is 9.37 Å².